The van der Waals surface area contributed by atoms with Crippen LogP contribution in [0.2, 0.25) is 5.02 Å². The first-order chi connectivity index (χ1) is 11.9. The predicted molar refractivity (Wildman–Crippen MR) is 106 cm³/mol. The largest absolute Gasteiger partial charge is 0.344 e. The molecule has 1 amide bonds. The average Bonchev–Trinajstić information content (AvgIpc) is 3.05. The number of halogens is 1. The summed E-state index contributed by atoms with van der Waals surface area (Å²) >= 11 is 7.74. The van der Waals surface area contributed by atoms with Crippen molar-refractivity contribution in [3.8, 4) is 0 Å². The fourth-order valence-corrected chi connectivity index (χ4v) is 4.58. The molecule has 2 aromatic rings. The van der Waals surface area contributed by atoms with Gasteiger partial charge in [0.15, 0.2) is 0 Å². The molecule has 1 aromatic heterocycles. The molecule has 1 aromatic carbocycles. The Balaban J connectivity index is 2.40. The Hall–Kier alpha value is -1.41. The highest BCUT2D eigenvalue weighted by Gasteiger charge is 2.30. The summed E-state index contributed by atoms with van der Waals surface area (Å²) in [5.41, 5.74) is -0.0827. The average molecular weight is 415 g/mol. The van der Waals surface area contributed by atoms with Crippen LogP contribution in [0.5, 0.6) is 0 Å². The highest BCUT2D eigenvalue weighted by molar-refractivity contribution is 7.89. The Kier molecular flexibility index (Phi) is 6.17. The number of nitrogens with zero attached hydrogens (tertiary/aromatic N) is 1. The minimum absolute atomic E-state index is 0.0282. The topological polar surface area (TPSA) is 66.5 Å². The van der Waals surface area contributed by atoms with Crippen molar-refractivity contribution in [3.05, 3.63) is 51.2 Å². The van der Waals surface area contributed by atoms with E-state index in [1.54, 1.807) is 11.3 Å². The van der Waals surface area contributed by atoms with Crippen LogP contribution in [0, 0.1) is 5.41 Å². The smallest absolute Gasteiger partial charge is 0.253 e. The first-order valence-corrected chi connectivity index (χ1v) is 10.7. The number of hydrogen-bond acceptors (Lipinski definition) is 4. The van der Waals surface area contributed by atoms with Crippen LogP contribution in [0.3, 0.4) is 0 Å². The highest BCUT2D eigenvalue weighted by atomic mass is 35.5. The van der Waals surface area contributed by atoms with Gasteiger partial charge in [-0.25, -0.2) is 12.7 Å². The SMILES string of the molecule is CN(C)S(=O)(=O)c1ccc(Cl)c(C(=O)NC(c2cccs2)C(C)(C)C)c1. The first kappa shape index (κ1) is 20.9. The third-order valence-corrected chi connectivity index (χ3v) is 7.01. The maximum Gasteiger partial charge on any atom is 0.253 e. The maximum atomic E-state index is 12.9. The fraction of sp³-hybridized carbons (Fsp3) is 0.389. The van der Waals surface area contributed by atoms with Crippen molar-refractivity contribution in [1.82, 2.24) is 9.62 Å². The lowest BCUT2D eigenvalue weighted by Gasteiger charge is -2.31. The molecule has 0 aliphatic rings. The molecule has 5 nitrogen and oxygen atoms in total. The van der Waals surface area contributed by atoms with E-state index in [9.17, 15) is 13.2 Å². The van der Waals surface area contributed by atoms with Gasteiger partial charge in [-0.3, -0.25) is 4.79 Å². The number of nitrogens with one attached hydrogen (secondary N) is 1. The third kappa shape index (κ3) is 4.46. The molecular formula is C18H23ClN2O3S2. The van der Waals surface area contributed by atoms with Crippen LogP contribution >= 0.6 is 22.9 Å². The predicted octanol–water partition coefficient (Wildman–Crippen LogP) is 4.17. The standard InChI is InChI=1S/C18H23ClN2O3S2/c1-18(2,3)16(15-7-6-10-25-15)20-17(22)13-11-12(8-9-14(13)19)26(23,24)21(4)5/h6-11,16H,1-5H3,(H,20,22). The Morgan fingerprint density at radius 3 is 2.38 bits per heavy atom. The van der Waals surface area contributed by atoms with Gasteiger partial charge in [-0.15, -0.1) is 11.3 Å². The van der Waals surface area contributed by atoms with E-state index in [0.29, 0.717) is 0 Å². The lowest BCUT2D eigenvalue weighted by Crippen LogP contribution is -2.36. The Labute approximate surface area is 164 Å². The number of rotatable bonds is 5. The summed E-state index contributed by atoms with van der Waals surface area (Å²) in [4.78, 5) is 13.9. The van der Waals surface area contributed by atoms with E-state index in [0.717, 1.165) is 9.18 Å². The molecule has 1 N–H and O–H groups in total. The normalized spacial score (nSPS) is 13.7. The summed E-state index contributed by atoms with van der Waals surface area (Å²) in [5, 5.41) is 5.17. The van der Waals surface area contributed by atoms with E-state index in [1.165, 1.54) is 32.3 Å². The summed E-state index contributed by atoms with van der Waals surface area (Å²) < 4.78 is 25.8. The molecule has 0 aliphatic carbocycles. The Morgan fingerprint density at radius 1 is 1.23 bits per heavy atom. The minimum Gasteiger partial charge on any atom is -0.344 e. The number of benzene rings is 1. The van der Waals surface area contributed by atoms with E-state index in [-0.39, 0.29) is 26.9 Å². The van der Waals surface area contributed by atoms with Crippen molar-refractivity contribution in [2.75, 3.05) is 14.1 Å². The van der Waals surface area contributed by atoms with E-state index < -0.39 is 15.9 Å². The zero-order valence-electron chi connectivity index (χ0n) is 15.4. The van der Waals surface area contributed by atoms with E-state index in [4.69, 9.17) is 11.6 Å². The minimum atomic E-state index is -3.65. The van der Waals surface area contributed by atoms with Crippen LogP contribution in [0.15, 0.2) is 40.6 Å². The molecule has 0 saturated heterocycles. The van der Waals surface area contributed by atoms with Crippen LogP contribution in [0.4, 0.5) is 0 Å². The van der Waals surface area contributed by atoms with E-state index in [2.05, 4.69) is 5.32 Å². The lowest BCUT2D eigenvalue weighted by atomic mass is 9.85. The van der Waals surface area contributed by atoms with Crippen LogP contribution in [-0.4, -0.2) is 32.7 Å². The molecular weight excluding hydrogens is 392 g/mol. The van der Waals surface area contributed by atoms with Gasteiger partial charge in [0, 0.05) is 19.0 Å². The van der Waals surface area contributed by atoms with Crippen LogP contribution < -0.4 is 5.32 Å². The van der Waals surface area contributed by atoms with Gasteiger partial charge < -0.3 is 5.32 Å². The van der Waals surface area contributed by atoms with Crippen molar-refractivity contribution in [3.63, 3.8) is 0 Å². The molecule has 0 bridgehead atoms. The van der Waals surface area contributed by atoms with Crippen molar-refractivity contribution < 1.29 is 13.2 Å². The van der Waals surface area contributed by atoms with Crippen LogP contribution in [0.25, 0.3) is 0 Å². The Morgan fingerprint density at radius 2 is 1.88 bits per heavy atom. The van der Waals surface area contributed by atoms with Crippen molar-refractivity contribution >= 4 is 38.9 Å². The summed E-state index contributed by atoms with van der Waals surface area (Å²) in [6.45, 7) is 6.10. The van der Waals surface area contributed by atoms with Gasteiger partial charge in [-0.2, -0.15) is 0 Å². The number of hydrogen-bond donors (Lipinski definition) is 1. The van der Waals surface area contributed by atoms with Gasteiger partial charge in [0.05, 0.1) is 21.5 Å². The molecule has 1 heterocycles. The number of sulfonamides is 1. The van der Waals surface area contributed by atoms with Gasteiger partial charge >= 0.3 is 0 Å². The van der Waals surface area contributed by atoms with Gasteiger partial charge in [0.25, 0.3) is 5.91 Å². The molecule has 0 fully saturated rings. The second kappa shape index (κ2) is 7.68. The zero-order chi connectivity index (χ0) is 19.7. The number of thiophene rings is 1. The maximum absolute atomic E-state index is 12.9. The van der Waals surface area contributed by atoms with Gasteiger partial charge in [0.1, 0.15) is 0 Å². The molecule has 26 heavy (non-hydrogen) atoms. The third-order valence-electron chi connectivity index (χ3n) is 3.93. The van der Waals surface area contributed by atoms with Crippen molar-refractivity contribution in [2.45, 2.75) is 31.7 Å². The van der Waals surface area contributed by atoms with Gasteiger partial charge in [-0.1, -0.05) is 38.4 Å². The number of amides is 1. The summed E-state index contributed by atoms with van der Waals surface area (Å²) in [6.07, 6.45) is 0. The summed E-state index contributed by atoms with van der Waals surface area (Å²) in [6, 6.07) is 7.83. The molecule has 142 valence electrons. The second-order valence-corrected chi connectivity index (χ2v) is 10.8. The van der Waals surface area contributed by atoms with E-state index in [1.807, 2.05) is 38.3 Å². The monoisotopic (exact) mass is 414 g/mol. The van der Waals surface area contributed by atoms with Crippen LogP contribution in [0.1, 0.15) is 42.0 Å². The number of carbonyl (C=O) groups excluding carboxylic acids is 1. The molecule has 1 unspecified atom stereocenters. The quantitative estimate of drug-likeness (QED) is 0.798. The summed E-state index contributed by atoms with van der Waals surface area (Å²) in [7, 11) is -0.772. The zero-order valence-corrected chi connectivity index (χ0v) is 17.8. The molecule has 0 saturated carbocycles. The van der Waals surface area contributed by atoms with Crippen LogP contribution in [-0.2, 0) is 10.0 Å². The molecule has 0 aliphatic heterocycles. The summed E-state index contributed by atoms with van der Waals surface area (Å²) in [5.74, 6) is -0.404. The van der Waals surface area contributed by atoms with Gasteiger partial charge in [-0.05, 0) is 35.1 Å². The number of carbonyl (C=O) groups is 1. The van der Waals surface area contributed by atoms with Crippen molar-refractivity contribution in [1.29, 1.82) is 0 Å². The second-order valence-electron chi connectivity index (χ2n) is 7.22. The molecule has 0 spiro atoms. The molecule has 0 radical (unpaired) electrons. The first-order valence-electron chi connectivity index (χ1n) is 8.01. The molecule has 8 heteroatoms. The van der Waals surface area contributed by atoms with E-state index >= 15 is 0 Å². The lowest BCUT2D eigenvalue weighted by molar-refractivity contribution is 0.0903. The van der Waals surface area contributed by atoms with Gasteiger partial charge in [0.2, 0.25) is 10.0 Å². The van der Waals surface area contributed by atoms with Crippen molar-refractivity contribution in [2.24, 2.45) is 5.41 Å². The molecule has 2 rings (SSSR count). The highest BCUT2D eigenvalue weighted by Crippen LogP contribution is 2.35. The molecule has 1 atom stereocenters. The fourth-order valence-electron chi connectivity index (χ4n) is 2.43. The Bertz CT molecular complexity index is 886.